The van der Waals surface area contributed by atoms with E-state index in [0.717, 1.165) is 5.56 Å². The Morgan fingerprint density at radius 1 is 1.26 bits per heavy atom. The maximum atomic E-state index is 6.21. The summed E-state index contributed by atoms with van der Waals surface area (Å²) in [6.07, 6.45) is 0.463. The van der Waals surface area contributed by atoms with Crippen molar-refractivity contribution in [3.63, 3.8) is 0 Å². The van der Waals surface area contributed by atoms with Crippen LogP contribution in [0.25, 0.3) is 0 Å². The number of hydrogen-bond donors (Lipinski definition) is 1. The predicted molar refractivity (Wildman–Crippen MR) is 69.0 cm³/mol. The highest BCUT2D eigenvalue weighted by Crippen LogP contribution is 2.33. The fraction of sp³-hybridized carbons (Fsp3) is 0.417. The van der Waals surface area contributed by atoms with Crippen LogP contribution in [0, 0.1) is 0 Å². The third-order valence-corrected chi connectivity index (χ3v) is 2.79. The third kappa shape index (κ3) is 2.82. The molecule has 0 aliphatic heterocycles. The molecule has 0 saturated carbocycles. The van der Waals surface area contributed by atoms with E-state index in [4.69, 9.17) is 15.2 Å². The molecule has 0 spiro atoms. The fourth-order valence-corrected chi connectivity index (χ4v) is 1.95. The summed E-state index contributed by atoms with van der Waals surface area (Å²) in [5, 5.41) is 11.8. The highest BCUT2D eigenvalue weighted by molar-refractivity contribution is 5.47. The number of rotatable bonds is 5. The van der Waals surface area contributed by atoms with Gasteiger partial charge in [0.05, 0.1) is 26.8 Å². The van der Waals surface area contributed by atoms with E-state index in [1.807, 2.05) is 18.2 Å². The Bertz CT molecular complexity index is 533. The maximum absolute atomic E-state index is 6.21. The van der Waals surface area contributed by atoms with Gasteiger partial charge in [0.1, 0.15) is 11.5 Å². The molecule has 0 amide bonds. The van der Waals surface area contributed by atoms with Crippen molar-refractivity contribution in [2.24, 2.45) is 12.8 Å². The van der Waals surface area contributed by atoms with Crippen LogP contribution in [0.5, 0.6) is 11.5 Å². The summed E-state index contributed by atoms with van der Waals surface area (Å²) in [5.41, 5.74) is 7.02. The smallest absolute Gasteiger partial charge is 0.176 e. The minimum absolute atomic E-state index is 0.324. The number of methoxy groups -OCH3 is 2. The molecule has 2 N–H and O–H groups in total. The van der Waals surface area contributed by atoms with E-state index in [9.17, 15) is 0 Å². The number of aromatic nitrogens is 4. The van der Waals surface area contributed by atoms with Crippen LogP contribution in [-0.2, 0) is 13.5 Å². The molecular weight excluding hydrogens is 246 g/mol. The number of hydrogen-bond acceptors (Lipinski definition) is 6. The van der Waals surface area contributed by atoms with Crippen molar-refractivity contribution < 1.29 is 9.47 Å². The summed E-state index contributed by atoms with van der Waals surface area (Å²) in [6.45, 7) is 0. The van der Waals surface area contributed by atoms with Crippen LogP contribution in [0.15, 0.2) is 18.2 Å². The molecule has 1 heterocycles. The van der Waals surface area contributed by atoms with Gasteiger partial charge in [-0.3, -0.25) is 0 Å². The van der Waals surface area contributed by atoms with E-state index in [0.29, 0.717) is 23.7 Å². The number of tetrazole rings is 1. The summed E-state index contributed by atoms with van der Waals surface area (Å²) in [6, 6.07) is 5.23. The summed E-state index contributed by atoms with van der Waals surface area (Å²) in [4.78, 5) is 1.40. The van der Waals surface area contributed by atoms with E-state index in [1.165, 1.54) is 4.80 Å². The van der Waals surface area contributed by atoms with Crippen molar-refractivity contribution in [3.8, 4) is 11.5 Å². The van der Waals surface area contributed by atoms with Gasteiger partial charge in [0.2, 0.25) is 0 Å². The van der Waals surface area contributed by atoms with Gasteiger partial charge in [-0.2, -0.15) is 4.80 Å². The SMILES string of the molecule is COc1cccc(OC)c1C(N)Cc1nnn(C)n1. The standard InChI is InChI=1S/C12H17N5O2/c1-17-15-11(14-16-17)7-8(13)12-9(18-2)5-4-6-10(12)19-3/h4-6,8H,7,13H2,1-3H3. The van der Waals surface area contributed by atoms with Gasteiger partial charge in [-0.25, -0.2) is 0 Å². The first-order valence-corrected chi connectivity index (χ1v) is 5.85. The average molecular weight is 263 g/mol. The van der Waals surface area contributed by atoms with Crippen molar-refractivity contribution >= 4 is 0 Å². The number of benzene rings is 1. The second kappa shape index (κ2) is 5.66. The lowest BCUT2D eigenvalue weighted by molar-refractivity contribution is 0.378. The molecule has 0 aliphatic carbocycles. The minimum Gasteiger partial charge on any atom is -0.496 e. The zero-order chi connectivity index (χ0) is 13.8. The Hall–Kier alpha value is -2.15. The molecule has 0 aliphatic rings. The lowest BCUT2D eigenvalue weighted by Gasteiger charge is -2.17. The Balaban J connectivity index is 2.29. The zero-order valence-corrected chi connectivity index (χ0v) is 11.2. The van der Waals surface area contributed by atoms with Crippen LogP contribution in [0.3, 0.4) is 0 Å². The van der Waals surface area contributed by atoms with Crippen LogP contribution in [0.1, 0.15) is 17.4 Å². The predicted octanol–water partition coefficient (Wildman–Crippen LogP) is 0.470. The molecule has 1 atom stereocenters. The minimum atomic E-state index is -0.324. The lowest BCUT2D eigenvalue weighted by Crippen LogP contribution is -2.16. The maximum Gasteiger partial charge on any atom is 0.176 e. The van der Waals surface area contributed by atoms with Gasteiger partial charge >= 0.3 is 0 Å². The van der Waals surface area contributed by atoms with Crippen molar-refractivity contribution in [1.82, 2.24) is 20.2 Å². The molecule has 1 aromatic heterocycles. The van der Waals surface area contributed by atoms with Gasteiger partial charge in [-0.1, -0.05) is 6.07 Å². The quantitative estimate of drug-likeness (QED) is 0.843. The van der Waals surface area contributed by atoms with Crippen molar-refractivity contribution in [2.75, 3.05) is 14.2 Å². The molecule has 0 bridgehead atoms. The van der Waals surface area contributed by atoms with Crippen LogP contribution >= 0.6 is 0 Å². The Morgan fingerprint density at radius 2 is 1.89 bits per heavy atom. The van der Waals surface area contributed by atoms with Gasteiger partial charge in [-0.05, 0) is 17.3 Å². The first-order chi connectivity index (χ1) is 9.15. The van der Waals surface area contributed by atoms with Gasteiger partial charge in [-0.15, -0.1) is 10.2 Å². The summed E-state index contributed by atoms with van der Waals surface area (Å²) < 4.78 is 10.7. The van der Waals surface area contributed by atoms with E-state index < -0.39 is 0 Å². The van der Waals surface area contributed by atoms with E-state index in [-0.39, 0.29) is 6.04 Å². The van der Waals surface area contributed by atoms with Gasteiger partial charge < -0.3 is 15.2 Å². The molecule has 1 aromatic carbocycles. The molecule has 7 nitrogen and oxygen atoms in total. The fourth-order valence-electron chi connectivity index (χ4n) is 1.95. The first kappa shape index (κ1) is 13.3. The van der Waals surface area contributed by atoms with Crippen molar-refractivity contribution in [1.29, 1.82) is 0 Å². The molecule has 19 heavy (non-hydrogen) atoms. The summed E-state index contributed by atoms with van der Waals surface area (Å²) in [7, 11) is 4.92. The molecule has 2 rings (SSSR count). The van der Waals surface area contributed by atoms with Gasteiger partial charge in [0.15, 0.2) is 5.82 Å². The molecule has 7 heteroatoms. The Morgan fingerprint density at radius 3 is 2.37 bits per heavy atom. The number of nitrogens with two attached hydrogens (primary N) is 1. The highest BCUT2D eigenvalue weighted by atomic mass is 16.5. The average Bonchev–Trinajstić information content (AvgIpc) is 2.82. The molecule has 0 fully saturated rings. The van der Waals surface area contributed by atoms with E-state index in [2.05, 4.69) is 15.4 Å². The second-order valence-electron chi connectivity index (χ2n) is 4.08. The number of nitrogens with zero attached hydrogens (tertiary/aromatic N) is 4. The molecule has 2 aromatic rings. The first-order valence-electron chi connectivity index (χ1n) is 5.85. The Labute approximate surface area is 111 Å². The normalized spacial score (nSPS) is 12.2. The number of aryl methyl sites for hydroxylation is 1. The highest BCUT2D eigenvalue weighted by Gasteiger charge is 2.19. The zero-order valence-electron chi connectivity index (χ0n) is 11.2. The van der Waals surface area contributed by atoms with Crippen LogP contribution in [0.2, 0.25) is 0 Å². The third-order valence-electron chi connectivity index (χ3n) is 2.79. The summed E-state index contributed by atoms with van der Waals surface area (Å²) in [5.74, 6) is 1.97. The van der Waals surface area contributed by atoms with E-state index in [1.54, 1.807) is 21.3 Å². The summed E-state index contributed by atoms with van der Waals surface area (Å²) >= 11 is 0. The van der Waals surface area contributed by atoms with E-state index >= 15 is 0 Å². The Kier molecular flexibility index (Phi) is 3.96. The van der Waals surface area contributed by atoms with Crippen LogP contribution in [0.4, 0.5) is 0 Å². The van der Waals surface area contributed by atoms with Gasteiger partial charge in [0.25, 0.3) is 0 Å². The molecule has 102 valence electrons. The molecule has 0 radical (unpaired) electrons. The monoisotopic (exact) mass is 263 g/mol. The topological polar surface area (TPSA) is 88.1 Å². The molecule has 0 saturated heterocycles. The molecule has 1 unspecified atom stereocenters. The largest absolute Gasteiger partial charge is 0.496 e. The van der Waals surface area contributed by atoms with Gasteiger partial charge in [0, 0.05) is 12.5 Å². The second-order valence-corrected chi connectivity index (χ2v) is 4.08. The van der Waals surface area contributed by atoms with Crippen LogP contribution < -0.4 is 15.2 Å². The lowest BCUT2D eigenvalue weighted by atomic mass is 10.0. The van der Waals surface area contributed by atoms with Crippen LogP contribution in [-0.4, -0.2) is 34.4 Å². The van der Waals surface area contributed by atoms with Crippen molar-refractivity contribution in [3.05, 3.63) is 29.6 Å². The van der Waals surface area contributed by atoms with Crippen molar-refractivity contribution in [2.45, 2.75) is 12.5 Å². The number of ether oxygens (including phenoxy) is 2. The molecular formula is C12H17N5O2.